The molecular formula is C16H24N2O3. The number of benzene rings is 1. The molecular weight excluding hydrogens is 268 g/mol. The third-order valence-corrected chi connectivity index (χ3v) is 3.14. The Morgan fingerprint density at radius 2 is 2.00 bits per heavy atom. The first-order valence-electron chi connectivity index (χ1n) is 7.40. The number of nitrogens with one attached hydrogen (secondary N) is 1. The summed E-state index contributed by atoms with van der Waals surface area (Å²) >= 11 is 0. The Labute approximate surface area is 125 Å². The highest BCUT2D eigenvalue weighted by Gasteiger charge is 2.07. The van der Waals surface area contributed by atoms with E-state index >= 15 is 0 Å². The molecule has 21 heavy (non-hydrogen) atoms. The van der Waals surface area contributed by atoms with Gasteiger partial charge in [-0.05, 0) is 42.7 Å². The molecule has 0 aliphatic carbocycles. The Kier molecular flexibility index (Phi) is 8.12. The maximum Gasteiger partial charge on any atom is 0.240 e. The molecule has 5 nitrogen and oxygen atoms in total. The van der Waals surface area contributed by atoms with Gasteiger partial charge < -0.3 is 10.2 Å². The van der Waals surface area contributed by atoms with Crippen LogP contribution in [0, 0.1) is 0 Å². The van der Waals surface area contributed by atoms with Gasteiger partial charge in [0.1, 0.15) is 5.75 Å². The van der Waals surface area contributed by atoms with Gasteiger partial charge in [0.05, 0.1) is 12.3 Å². The van der Waals surface area contributed by atoms with Gasteiger partial charge in [0, 0.05) is 6.42 Å². The van der Waals surface area contributed by atoms with Crippen LogP contribution < -0.4 is 5.43 Å². The third-order valence-electron chi connectivity index (χ3n) is 3.14. The summed E-state index contributed by atoms with van der Waals surface area (Å²) in [4.78, 5) is 11.5. The minimum Gasteiger partial charge on any atom is -0.508 e. The second kappa shape index (κ2) is 9.94. The quantitative estimate of drug-likeness (QED) is 0.371. The highest BCUT2D eigenvalue weighted by Crippen LogP contribution is 2.09. The molecule has 1 atom stereocenters. The molecule has 0 radical (unpaired) electrons. The highest BCUT2D eigenvalue weighted by atomic mass is 16.3. The number of hydrazone groups is 1. The SMILES string of the molecule is CCCCC[C@@H](O)CCC(=O)N/N=C\c1ccc(O)cc1. The van der Waals surface area contributed by atoms with Gasteiger partial charge in [-0.3, -0.25) is 4.79 Å². The Bertz CT molecular complexity index is 443. The van der Waals surface area contributed by atoms with Crippen LogP contribution in [0.25, 0.3) is 0 Å². The first-order valence-corrected chi connectivity index (χ1v) is 7.40. The second-order valence-corrected chi connectivity index (χ2v) is 5.07. The van der Waals surface area contributed by atoms with Crippen molar-refractivity contribution in [3.63, 3.8) is 0 Å². The number of nitrogens with zero attached hydrogens (tertiary/aromatic N) is 1. The number of amides is 1. The van der Waals surface area contributed by atoms with Crippen molar-refractivity contribution in [2.75, 3.05) is 0 Å². The molecule has 0 spiro atoms. The van der Waals surface area contributed by atoms with Crippen LogP contribution in [0.3, 0.4) is 0 Å². The van der Waals surface area contributed by atoms with Gasteiger partial charge >= 0.3 is 0 Å². The van der Waals surface area contributed by atoms with Gasteiger partial charge in [0.2, 0.25) is 5.91 Å². The van der Waals surface area contributed by atoms with E-state index in [1.807, 2.05) is 0 Å². The number of aromatic hydroxyl groups is 1. The molecule has 0 bridgehead atoms. The normalized spacial score (nSPS) is 12.5. The second-order valence-electron chi connectivity index (χ2n) is 5.07. The van der Waals surface area contributed by atoms with Gasteiger partial charge in [0.15, 0.2) is 0 Å². The number of phenols is 1. The summed E-state index contributed by atoms with van der Waals surface area (Å²) in [6.45, 7) is 2.12. The largest absolute Gasteiger partial charge is 0.508 e. The van der Waals surface area contributed by atoms with Gasteiger partial charge in [-0.15, -0.1) is 0 Å². The van der Waals surface area contributed by atoms with E-state index in [1.54, 1.807) is 24.3 Å². The number of hydrogen-bond acceptors (Lipinski definition) is 4. The van der Waals surface area contributed by atoms with E-state index in [1.165, 1.54) is 6.21 Å². The molecule has 0 fully saturated rings. The monoisotopic (exact) mass is 292 g/mol. The molecule has 0 heterocycles. The zero-order valence-electron chi connectivity index (χ0n) is 12.5. The lowest BCUT2D eigenvalue weighted by Crippen LogP contribution is -2.19. The molecule has 5 heteroatoms. The van der Waals surface area contributed by atoms with E-state index in [4.69, 9.17) is 5.11 Å². The average molecular weight is 292 g/mol. The van der Waals surface area contributed by atoms with Crippen LogP contribution >= 0.6 is 0 Å². The molecule has 0 aromatic heterocycles. The molecule has 1 aromatic carbocycles. The number of carbonyl (C=O) groups excluding carboxylic acids is 1. The number of aliphatic hydroxyl groups is 1. The van der Waals surface area contributed by atoms with E-state index in [0.29, 0.717) is 6.42 Å². The van der Waals surface area contributed by atoms with Crippen LogP contribution in [0.2, 0.25) is 0 Å². The van der Waals surface area contributed by atoms with Gasteiger partial charge in [-0.25, -0.2) is 5.43 Å². The molecule has 0 saturated carbocycles. The Morgan fingerprint density at radius 1 is 1.29 bits per heavy atom. The predicted octanol–water partition coefficient (Wildman–Crippen LogP) is 2.56. The zero-order chi connectivity index (χ0) is 15.5. The maximum atomic E-state index is 11.5. The van der Waals surface area contributed by atoms with Crippen molar-refractivity contribution in [2.24, 2.45) is 5.10 Å². The fourth-order valence-corrected chi connectivity index (χ4v) is 1.87. The van der Waals surface area contributed by atoms with Crippen LogP contribution in [0.15, 0.2) is 29.4 Å². The lowest BCUT2D eigenvalue weighted by atomic mass is 10.1. The number of unbranched alkanes of at least 4 members (excludes halogenated alkanes) is 2. The standard InChI is InChI=1S/C16H24N2O3/c1-2-3-4-5-14(19)10-11-16(21)18-17-12-13-6-8-15(20)9-7-13/h6-9,12,14,19-20H,2-5,10-11H2,1H3,(H,18,21)/b17-12-/t14-/m1/s1. The summed E-state index contributed by atoms with van der Waals surface area (Å²) in [7, 11) is 0. The maximum absolute atomic E-state index is 11.5. The van der Waals surface area contributed by atoms with Crippen LogP contribution in [0.5, 0.6) is 5.75 Å². The molecule has 1 aromatic rings. The smallest absolute Gasteiger partial charge is 0.240 e. The van der Waals surface area contributed by atoms with Crippen molar-refractivity contribution in [1.82, 2.24) is 5.43 Å². The highest BCUT2D eigenvalue weighted by molar-refractivity contribution is 5.82. The summed E-state index contributed by atoms with van der Waals surface area (Å²) in [5.74, 6) is -0.0205. The van der Waals surface area contributed by atoms with Crippen molar-refractivity contribution in [1.29, 1.82) is 0 Å². The Hall–Kier alpha value is -1.88. The van der Waals surface area contributed by atoms with Crippen molar-refractivity contribution in [3.05, 3.63) is 29.8 Å². The van der Waals surface area contributed by atoms with Crippen molar-refractivity contribution in [3.8, 4) is 5.75 Å². The number of rotatable bonds is 9. The molecule has 0 aliphatic rings. The first-order chi connectivity index (χ1) is 10.1. The Balaban J connectivity index is 2.20. The number of phenolic OH excluding ortho intramolecular Hbond substituents is 1. The van der Waals surface area contributed by atoms with Crippen molar-refractivity contribution < 1.29 is 15.0 Å². The molecule has 1 amide bonds. The van der Waals surface area contributed by atoms with E-state index in [2.05, 4.69) is 17.5 Å². The fraction of sp³-hybridized carbons (Fsp3) is 0.500. The number of hydrogen-bond donors (Lipinski definition) is 3. The zero-order valence-corrected chi connectivity index (χ0v) is 12.5. The minimum atomic E-state index is -0.414. The predicted molar refractivity (Wildman–Crippen MR) is 83.2 cm³/mol. The van der Waals surface area contributed by atoms with E-state index in [0.717, 1.165) is 31.2 Å². The van der Waals surface area contributed by atoms with Gasteiger partial charge in [-0.1, -0.05) is 26.2 Å². The van der Waals surface area contributed by atoms with Crippen LogP contribution in [-0.4, -0.2) is 28.4 Å². The first kappa shape index (κ1) is 17.2. The summed E-state index contributed by atoms with van der Waals surface area (Å²) in [6, 6.07) is 6.50. The fourth-order valence-electron chi connectivity index (χ4n) is 1.87. The number of aliphatic hydroxyl groups excluding tert-OH is 1. The summed E-state index contributed by atoms with van der Waals surface area (Å²) in [6.07, 6.45) is 5.80. The van der Waals surface area contributed by atoms with Gasteiger partial charge in [-0.2, -0.15) is 5.10 Å². The lowest BCUT2D eigenvalue weighted by molar-refractivity contribution is -0.121. The van der Waals surface area contributed by atoms with Gasteiger partial charge in [0.25, 0.3) is 0 Å². The summed E-state index contributed by atoms with van der Waals surface area (Å²) in [5, 5.41) is 22.7. The Morgan fingerprint density at radius 3 is 2.67 bits per heavy atom. The molecule has 116 valence electrons. The van der Waals surface area contributed by atoms with Crippen LogP contribution in [0.1, 0.15) is 51.0 Å². The van der Waals surface area contributed by atoms with E-state index < -0.39 is 6.10 Å². The lowest BCUT2D eigenvalue weighted by Gasteiger charge is -2.08. The van der Waals surface area contributed by atoms with E-state index in [9.17, 15) is 9.90 Å². The average Bonchev–Trinajstić information content (AvgIpc) is 2.47. The molecule has 0 unspecified atom stereocenters. The van der Waals surface area contributed by atoms with Crippen molar-refractivity contribution in [2.45, 2.75) is 51.6 Å². The topological polar surface area (TPSA) is 81.9 Å². The summed E-state index contributed by atoms with van der Waals surface area (Å²) in [5.41, 5.74) is 3.21. The van der Waals surface area contributed by atoms with E-state index in [-0.39, 0.29) is 18.1 Å². The third kappa shape index (κ3) is 8.09. The molecule has 1 rings (SSSR count). The summed E-state index contributed by atoms with van der Waals surface area (Å²) < 4.78 is 0. The minimum absolute atomic E-state index is 0.188. The van der Waals surface area contributed by atoms with Crippen molar-refractivity contribution >= 4 is 12.1 Å². The molecule has 3 N–H and O–H groups in total. The van der Waals surface area contributed by atoms with Crippen LogP contribution in [-0.2, 0) is 4.79 Å². The van der Waals surface area contributed by atoms with Crippen LogP contribution in [0.4, 0.5) is 0 Å². The molecule has 0 aliphatic heterocycles. The molecule has 0 saturated heterocycles. The number of carbonyl (C=O) groups is 1.